The average molecular weight is 336 g/mol. The van der Waals surface area contributed by atoms with E-state index in [9.17, 15) is 4.57 Å². The van der Waals surface area contributed by atoms with Gasteiger partial charge in [-0.3, -0.25) is 4.57 Å². The second-order valence-electron chi connectivity index (χ2n) is 5.46. The topological polar surface area (TPSA) is 44.8 Å². The average Bonchev–Trinajstić information content (AvgIpc) is 2.60. The van der Waals surface area contributed by atoms with Gasteiger partial charge in [0, 0.05) is 5.39 Å². The van der Waals surface area contributed by atoms with Gasteiger partial charge in [-0.1, -0.05) is 74.2 Å². The van der Waals surface area contributed by atoms with Crippen molar-refractivity contribution in [3.05, 3.63) is 42.5 Å². The van der Waals surface area contributed by atoms with Gasteiger partial charge in [-0.25, -0.2) is 0 Å². The number of rotatable bonds is 10. The van der Waals surface area contributed by atoms with Crippen LogP contribution < -0.4 is 4.89 Å². The van der Waals surface area contributed by atoms with E-state index in [4.69, 9.17) is 14.1 Å². The van der Waals surface area contributed by atoms with Crippen LogP contribution in [0.4, 0.5) is 0 Å². The van der Waals surface area contributed by atoms with E-state index in [2.05, 4.69) is 6.92 Å². The number of fused-ring (bicyclic) bond motifs is 1. The normalized spacial score (nSPS) is 13.8. The molecule has 0 heterocycles. The van der Waals surface area contributed by atoms with Crippen molar-refractivity contribution in [1.82, 2.24) is 0 Å². The molecule has 0 amide bonds. The van der Waals surface area contributed by atoms with Crippen LogP contribution in [0, 0.1) is 0 Å². The Hall–Kier alpha value is -1.35. The van der Waals surface area contributed by atoms with Gasteiger partial charge in [0.25, 0.3) is 0 Å². The lowest BCUT2D eigenvalue weighted by molar-refractivity contribution is -0.111. The van der Waals surface area contributed by atoms with Crippen molar-refractivity contribution in [2.75, 3.05) is 12.8 Å². The van der Waals surface area contributed by atoms with Gasteiger partial charge in [-0.2, -0.15) is 0 Å². The summed E-state index contributed by atoms with van der Waals surface area (Å²) in [5.41, 5.74) is 0. The summed E-state index contributed by atoms with van der Waals surface area (Å²) in [7, 11) is -3.21. The van der Waals surface area contributed by atoms with Crippen molar-refractivity contribution in [2.45, 2.75) is 39.5 Å². The molecule has 4 nitrogen and oxygen atoms in total. The fraction of sp³-hybridized carbons (Fsp3) is 0.444. The van der Waals surface area contributed by atoms with Gasteiger partial charge in [0.2, 0.25) is 0 Å². The third kappa shape index (κ3) is 5.35. The van der Waals surface area contributed by atoms with E-state index in [1.165, 1.54) is 0 Å². The van der Waals surface area contributed by atoms with Crippen molar-refractivity contribution in [3.63, 3.8) is 0 Å². The highest BCUT2D eigenvalue weighted by Crippen LogP contribution is 2.48. The molecule has 0 N–H and O–H groups in total. The third-order valence-corrected chi connectivity index (χ3v) is 5.32. The van der Waals surface area contributed by atoms with Crippen LogP contribution in [-0.2, 0) is 13.8 Å². The zero-order valence-electron chi connectivity index (χ0n) is 13.9. The largest absolute Gasteiger partial charge is 0.368 e. The Morgan fingerprint density at radius 2 is 1.74 bits per heavy atom. The van der Waals surface area contributed by atoms with Crippen molar-refractivity contribution in [3.8, 4) is 5.75 Å². The monoisotopic (exact) mass is 336 g/mol. The molecule has 1 atom stereocenters. The number of benzene rings is 2. The maximum absolute atomic E-state index is 12.6. The maximum Gasteiger partial charge on any atom is 0.368 e. The molecule has 0 aliphatic carbocycles. The Kier molecular flexibility index (Phi) is 7.10. The smallest absolute Gasteiger partial charge is 0.328 e. The summed E-state index contributed by atoms with van der Waals surface area (Å²) in [6.07, 6.45) is 4.56. The first-order chi connectivity index (χ1) is 11.2. The molecule has 23 heavy (non-hydrogen) atoms. The predicted molar refractivity (Wildman–Crippen MR) is 93.9 cm³/mol. The molecule has 0 saturated carbocycles. The lowest BCUT2D eigenvalue weighted by atomic mass is 10.1. The molecule has 0 bridgehead atoms. The van der Waals surface area contributed by atoms with Crippen molar-refractivity contribution in [2.24, 2.45) is 0 Å². The first-order valence-corrected chi connectivity index (χ1v) is 9.99. The van der Waals surface area contributed by atoms with Crippen LogP contribution in [0.25, 0.3) is 10.8 Å². The van der Waals surface area contributed by atoms with Crippen LogP contribution in [0.2, 0.25) is 0 Å². The molecule has 2 aromatic rings. The fourth-order valence-corrected chi connectivity index (χ4v) is 3.20. The van der Waals surface area contributed by atoms with Crippen molar-refractivity contribution in [1.29, 1.82) is 0 Å². The minimum absolute atomic E-state index is 0.283. The van der Waals surface area contributed by atoms with E-state index < -0.39 is 7.60 Å². The molecule has 0 aliphatic heterocycles. The molecule has 0 radical (unpaired) electrons. The molecule has 0 saturated heterocycles. The highest BCUT2D eigenvalue weighted by Gasteiger charge is 2.24. The second kappa shape index (κ2) is 9.07. The van der Waals surface area contributed by atoms with E-state index in [0.717, 1.165) is 36.5 Å². The molecule has 2 rings (SSSR count). The molecule has 0 spiro atoms. The van der Waals surface area contributed by atoms with Gasteiger partial charge in [-0.15, -0.1) is 0 Å². The summed E-state index contributed by atoms with van der Waals surface area (Å²) in [6.45, 7) is 4.36. The summed E-state index contributed by atoms with van der Waals surface area (Å²) >= 11 is 0. The molecule has 5 heteroatoms. The highest BCUT2D eigenvalue weighted by atomic mass is 31.2. The van der Waals surface area contributed by atoms with Gasteiger partial charge < -0.3 is 9.41 Å². The molecule has 2 aromatic carbocycles. The van der Waals surface area contributed by atoms with E-state index in [-0.39, 0.29) is 6.16 Å². The summed E-state index contributed by atoms with van der Waals surface area (Å²) in [5.74, 6) is 0.548. The third-order valence-electron chi connectivity index (χ3n) is 3.66. The van der Waals surface area contributed by atoms with Gasteiger partial charge in [0.1, 0.15) is 0 Å². The summed E-state index contributed by atoms with van der Waals surface area (Å²) in [5, 5.41) is 1.96. The standard InChI is InChI=1S/C18H25O4P/c1-3-5-6-9-15-20-23(19,4-2)22-21-18-14-10-12-16-11-7-8-13-17(16)18/h7-8,10-14H,3-6,9,15H2,1-2H3. The van der Waals surface area contributed by atoms with E-state index >= 15 is 0 Å². The van der Waals surface area contributed by atoms with Crippen molar-refractivity contribution < 1.29 is 18.7 Å². The first kappa shape index (κ1) is 18.0. The maximum atomic E-state index is 12.6. The SMILES string of the molecule is CCCCCCOP(=O)(CC)OOc1cccc2ccccc12. The van der Waals surface area contributed by atoms with E-state index in [1.54, 1.807) is 13.0 Å². The molecule has 0 aromatic heterocycles. The molecular formula is C18H25O4P. The minimum atomic E-state index is -3.21. The summed E-state index contributed by atoms with van der Waals surface area (Å²) in [6, 6.07) is 13.5. The molecule has 126 valence electrons. The fourth-order valence-electron chi connectivity index (χ4n) is 2.26. The first-order valence-electron chi connectivity index (χ1n) is 8.26. The Morgan fingerprint density at radius 1 is 0.957 bits per heavy atom. The Labute approximate surface area is 138 Å². The molecule has 0 fully saturated rings. The predicted octanol–water partition coefficient (Wildman–Crippen LogP) is 5.96. The number of hydrogen-bond donors (Lipinski definition) is 0. The molecular weight excluding hydrogens is 311 g/mol. The van der Waals surface area contributed by atoms with Crippen LogP contribution >= 0.6 is 7.60 Å². The molecule has 1 unspecified atom stereocenters. The van der Waals surface area contributed by atoms with Crippen molar-refractivity contribution >= 4 is 18.4 Å². The van der Waals surface area contributed by atoms with Gasteiger partial charge in [0.05, 0.1) is 12.8 Å². The van der Waals surface area contributed by atoms with Crippen LogP contribution in [0.3, 0.4) is 0 Å². The Balaban J connectivity index is 1.94. The highest BCUT2D eigenvalue weighted by molar-refractivity contribution is 7.53. The van der Waals surface area contributed by atoms with Gasteiger partial charge in [0.15, 0.2) is 5.75 Å². The number of hydrogen-bond acceptors (Lipinski definition) is 4. The molecule has 0 aliphatic rings. The minimum Gasteiger partial charge on any atom is -0.328 e. The van der Waals surface area contributed by atoms with Crippen LogP contribution in [0.1, 0.15) is 39.5 Å². The zero-order chi connectivity index (χ0) is 16.5. The Morgan fingerprint density at radius 3 is 2.52 bits per heavy atom. The lowest BCUT2D eigenvalue weighted by Crippen LogP contribution is -2.03. The van der Waals surface area contributed by atoms with Gasteiger partial charge >= 0.3 is 7.60 Å². The number of unbranched alkanes of at least 4 members (excludes halogenated alkanes) is 3. The quantitative estimate of drug-likeness (QED) is 0.232. The second-order valence-corrected chi connectivity index (χ2v) is 7.72. The Bertz CT molecular complexity index is 651. The van der Waals surface area contributed by atoms with Crippen LogP contribution in [-0.4, -0.2) is 12.8 Å². The van der Waals surface area contributed by atoms with Gasteiger partial charge in [-0.05, 0) is 17.9 Å². The van der Waals surface area contributed by atoms with E-state index in [1.807, 2.05) is 36.4 Å². The van der Waals surface area contributed by atoms with Crippen LogP contribution in [0.15, 0.2) is 42.5 Å². The summed E-state index contributed by atoms with van der Waals surface area (Å²) < 4.78 is 23.2. The lowest BCUT2D eigenvalue weighted by Gasteiger charge is -2.16. The summed E-state index contributed by atoms with van der Waals surface area (Å²) in [4.78, 5) is 5.37. The van der Waals surface area contributed by atoms with Crippen LogP contribution in [0.5, 0.6) is 5.75 Å². The zero-order valence-corrected chi connectivity index (χ0v) is 14.8. The van der Waals surface area contributed by atoms with E-state index in [0.29, 0.717) is 12.4 Å².